The summed E-state index contributed by atoms with van der Waals surface area (Å²) in [5.41, 5.74) is 1.42. The Labute approximate surface area is 156 Å². The van der Waals surface area contributed by atoms with Gasteiger partial charge in [-0.1, -0.05) is 6.07 Å². The van der Waals surface area contributed by atoms with Gasteiger partial charge in [-0.3, -0.25) is 14.4 Å². The van der Waals surface area contributed by atoms with Gasteiger partial charge < -0.3 is 15.5 Å². The molecule has 1 aromatic heterocycles. The van der Waals surface area contributed by atoms with Crippen LogP contribution in [0, 0.1) is 0 Å². The molecule has 0 radical (unpaired) electrons. The largest absolute Gasteiger partial charge is 0.331 e. The molecule has 2 heterocycles. The molecule has 0 bridgehead atoms. The maximum absolute atomic E-state index is 13.1. The normalized spacial score (nSPS) is 16.4. The zero-order valence-corrected chi connectivity index (χ0v) is 15.6. The molecule has 2 aromatic rings. The van der Waals surface area contributed by atoms with E-state index in [2.05, 4.69) is 16.7 Å². The number of carbonyl (C=O) groups is 3. The summed E-state index contributed by atoms with van der Waals surface area (Å²) in [6.45, 7) is 3.50. The van der Waals surface area contributed by atoms with E-state index in [9.17, 15) is 14.4 Å². The lowest BCUT2D eigenvalue weighted by molar-refractivity contribution is -0.115. The average Bonchev–Trinajstić information content (AvgIpc) is 3.23. The predicted octanol–water partition coefficient (Wildman–Crippen LogP) is 3.64. The van der Waals surface area contributed by atoms with Gasteiger partial charge in [0.05, 0.1) is 6.04 Å². The van der Waals surface area contributed by atoms with Crippen LogP contribution in [0.15, 0.2) is 35.7 Å². The second kappa shape index (κ2) is 7.70. The maximum Gasteiger partial charge on any atom is 0.254 e. The van der Waals surface area contributed by atoms with Crippen molar-refractivity contribution in [2.75, 3.05) is 17.2 Å². The van der Waals surface area contributed by atoms with Crippen LogP contribution in [-0.2, 0) is 9.59 Å². The topological polar surface area (TPSA) is 78.5 Å². The highest BCUT2D eigenvalue weighted by Gasteiger charge is 2.31. The Balaban J connectivity index is 1.92. The number of anilines is 2. The molecule has 26 heavy (non-hydrogen) atoms. The van der Waals surface area contributed by atoms with Gasteiger partial charge in [0.15, 0.2) is 0 Å². The van der Waals surface area contributed by atoms with Gasteiger partial charge in [0.25, 0.3) is 5.91 Å². The Morgan fingerprint density at radius 2 is 1.73 bits per heavy atom. The maximum atomic E-state index is 13.1. The molecule has 1 saturated heterocycles. The van der Waals surface area contributed by atoms with Gasteiger partial charge >= 0.3 is 0 Å². The summed E-state index contributed by atoms with van der Waals surface area (Å²) >= 11 is 1.65. The van der Waals surface area contributed by atoms with E-state index in [-0.39, 0.29) is 23.8 Å². The molecule has 3 amide bonds. The first kappa shape index (κ1) is 18.1. The fourth-order valence-corrected chi connectivity index (χ4v) is 4.13. The second-order valence-corrected chi connectivity index (χ2v) is 7.31. The van der Waals surface area contributed by atoms with Crippen LogP contribution in [0.1, 0.15) is 48.0 Å². The zero-order chi connectivity index (χ0) is 18.7. The molecule has 0 saturated carbocycles. The van der Waals surface area contributed by atoms with Crippen LogP contribution in [0.25, 0.3) is 0 Å². The zero-order valence-electron chi connectivity index (χ0n) is 14.7. The van der Waals surface area contributed by atoms with E-state index in [1.54, 1.807) is 29.5 Å². The lowest BCUT2D eigenvalue weighted by Crippen LogP contribution is -2.30. The van der Waals surface area contributed by atoms with Crippen LogP contribution in [0.4, 0.5) is 11.4 Å². The van der Waals surface area contributed by atoms with Gasteiger partial charge in [-0.25, -0.2) is 0 Å². The SMILES string of the molecule is CC(=O)Nc1cc(NC(C)=O)cc(C(=O)N2CCCC2c2cccs2)c1. The summed E-state index contributed by atoms with van der Waals surface area (Å²) in [6, 6.07) is 9.07. The van der Waals surface area contributed by atoms with Crippen molar-refractivity contribution in [1.82, 2.24) is 4.90 Å². The van der Waals surface area contributed by atoms with Crippen molar-refractivity contribution in [3.63, 3.8) is 0 Å². The molecule has 6 nitrogen and oxygen atoms in total. The molecule has 7 heteroatoms. The van der Waals surface area contributed by atoms with E-state index in [1.165, 1.54) is 18.7 Å². The quantitative estimate of drug-likeness (QED) is 0.861. The van der Waals surface area contributed by atoms with Crippen molar-refractivity contribution in [3.05, 3.63) is 46.2 Å². The number of amides is 3. The van der Waals surface area contributed by atoms with Crippen LogP contribution in [-0.4, -0.2) is 29.2 Å². The van der Waals surface area contributed by atoms with Crippen LogP contribution < -0.4 is 10.6 Å². The Hall–Kier alpha value is -2.67. The van der Waals surface area contributed by atoms with Crippen molar-refractivity contribution in [2.24, 2.45) is 0 Å². The van der Waals surface area contributed by atoms with E-state index in [4.69, 9.17) is 0 Å². The van der Waals surface area contributed by atoms with Crippen LogP contribution in [0.2, 0.25) is 0 Å². The molecule has 2 N–H and O–H groups in total. The van der Waals surface area contributed by atoms with Crippen molar-refractivity contribution in [1.29, 1.82) is 0 Å². The molecule has 1 aliphatic rings. The smallest absolute Gasteiger partial charge is 0.254 e. The molecule has 1 aliphatic heterocycles. The molecule has 0 spiro atoms. The monoisotopic (exact) mass is 371 g/mol. The Morgan fingerprint density at radius 3 is 2.27 bits per heavy atom. The first-order chi connectivity index (χ1) is 12.4. The highest BCUT2D eigenvalue weighted by Crippen LogP contribution is 2.36. The Morgan fingerprint density at radius 1 is 1.08 bits per heavy atom. The van der Waals surface area contributed by atoms with Gasteiger partial charge in [-0.15, -0.1) is 11.3 Å². The molecule has 1 aromatic carbocycles. The fraction of sp³-hybridized carbons (Fsp3) is 0.316. The molecule has 0 aliphatic carbocycles. The van der Waals surface area contributed by atoms with Crippen LogP contribution in [0.3, 0.4) is 0 Å². The predicted molar refractivity (Wildman–Crippen MR) is 102 cm³/mol. The minimum atomic E-state index is -0.235. The minimum Gasteiger partial charge on any atom is -0.331 e. The van der Waals surface area contributed by atoms with E-state index >= 15 is 0 Å². The van der Waals surface area contributed by atoms with E-state index < -0.39 is 0 Å². The first-order valence-corrected chi connectivity index (χ1v) is 9.36. The lowest BCUT2D eigenvalue weighted by Gasteiger charge is -2.24. The second-order valence-electron chi connectivity index (χ2n) is 6.33. The Kier molecular flexibility index (Phi) is 5.37. The number of nitrogens with one attached hydrogen (secondary N) is 2. The molecule has 3 rings (SSSR count). The van der Waals surface area contributed by atoms with E-state index in [0.29, 0.717) is 23.5 Å². The van der Waals surface area contributed by atoms with Gasteiger partial charge in [0.2, 0.25) is 11.8 Å². The van der Waals surface area contributed by atoms with E-state index in [1.807, 2.05) is 16.3 Å². The fourth-order valence-electron chi connectivity index (χ4n) is 3.25. The Bertz CT molecular complexity index is 798. The summed E-state index contributed by atoms with van der Waals surface area (Å²) in [5.74, 6) is -0.568. The third-order valence-corrected chi connectivity index (χ3v) is 5.18. The number of carbonyl (C=O) groups excluding carboxylic acids is 3. The number of likely N-dealkylation sites (tertiary alicyclic amines) is 1. The molecular formula is C19H21N3O3S. The van der Waals surface area contributed by atoms with Crippen LogP contribution >= 0.6 is 11.3 Å². The van der Waals surface area contributed by atoms with Gasteiger partial charge in [-0.2, -0.15) is 0 Å². The third kappa shape index (κ3) is 4.11. The van der Waals surface area contributed by atoms with Gasteiger partial charge in [-0.05, 0) is 42.5 Å². The minimum absolute atomic E-state index is 0.0798. The first-order valence-electron chi connectivity index (χ1n) is 8.48. The summed E-state index contributed by atoms with van der Waals surface area (Å²) in [5, 5.41) is 7.38. The lowest BCUT2D eigenvalue weighted by atomic mass is 10.1. The average molecular weight is 371 g/mol. The summed E-state index contributed by atoms with van der Waals surface area (Å²) in [7, 11) is 0. The molecular weight excluding hydrogens is 350 g/mol. The molecule has 136 valence electrons. The number of rotatable bonds is 4. The number of benzene rings is 1. The van der Waals surface area contributed by atoms with Gasteiger partial charge in [0.1, 0.15) is 0 Å². The highest BCUT2D eigenvalue weighted by atomic mass is 32.1. The third-order valence-electron chi connectivity index (χ3n) is 4.21. The highest BCUT2D eigenvalue weighted by molar-refractivity contribution is 7.10. The van der Waals surface area contributed by atoms with E-state index in [0.717, 1.165) is 12.8 Å². The molecule has 1 atom stereocenters. The summed E-state index contributed by atoms with van der Waals surface area (Å²) in [6.07, 6.45) is 1.90. The van der Waals surface area contributed by atoms with Crippen LogP contribution in [0.5, 0.6) is 0 Å². The number of nitrogens with zero attached hydrogens (tertiary/aromatic N) is 1. The number of thiophene rings is 1. The van der Waals surface area contributed by atoms with Crippen molar-refractivity contribution >= 4 is 40.4 Å². The molecule has 1 fully saturated rings. The summed E-state index contributed by atoms with van der Waals surface area (Å²) in [4.78, 5) is 39.0. The summed E-state index contributed by atoms with van der Waals surface area (Å²) < 4.78 is 0. The van der Waals surface area contributed by atoms with Gasteiger partial charge in [0, 0.05) is 42.2 Å². The van der Waals surface area contributed by atoms with Crippen molar-refractivity contribution in [2.45, 2.75) is 32.7 Å². The number of hydrogen-bond acceptors (Lipinski definition) is 4. The number of hydrogen-bond donors (Lipinski definition) is 2. The molecule has 1 unspecified atom stereocenters. The standard InChI is InChI=1S/C19H21N3O3S/c1-12(23)20-15-9-14(10-16(11-15)21-13(2)24)19(25)22-7-3-5-17(22)18-6-4-8-26-18/h4,6,8-11,17H,3,5,7H2,1-2H3,(H,20,23)(H,21,24). The van der Waals surface area contributed by atoms with Crippen molar-refractivity contribution < 1.29 is 14.4 Å². The van der Waals surface area contributed by atoms with Crippen molar-refractivity contribution in [3.8, 4) is 0 Å².